The molecule has 0 aromatic heterocycles. The molecule has 3 aromatic carbocycles. The van der Waals surface area contributed by atoms with E-state index >= 15 is 0 Å². The largest absolute Gasteiger partial charge is 0.302 e. The van der Waals surface area contributed by atoms with Gasteiger partial charge in [0.15, 0.2) is 0 Å². The first-order chi connectivity index (χ1) is 15.5. The fourth-order valence-electron chi connectivity index (χ4n) is 6.40. The van der Waals surface area contributed by atoms with Crippen molar-refractivity contribution in [3.05, 3.63) is 101 Å². The molecule has 7 rings (SSSR count). The second kappa shape index (κ2) is 6.02. The molecule has 1 heterocycles. The Bertz CT molecular complexity index is 1340. The molecule has 154 valence electrons. The van der Waals surface area contributed by atoms with Crippen LogP contribution < -0.4 is 4.90 Å². The summed E-state index contributed by atoms with van der Waals surface area (Å²) in [5.74, 6) is -2.19. The number of hydrogen-bond acceptors (Lipinski definition) is 4. The van der Waals surface area contributed by atoms with Gasteiger partial charge in [-0.1, -0.05) is 55.5 Å². The predicted molar refractivity (Wildman–Crippen MR) is 117 cm³/mol. The van der Waals surface area contributed by atoms with Gasteiger partial charge < -0.3 is 4.79 Å². The molecule has 2 bridgehead atoms. The SMILES string of the molecule is CC12c3ccccc3C(C=O)(c3ccccc31)[C@@H]1C(=O)N(c3ccc(C#N)cc3)C(=O)[C@@H]12. The molecule has 3 aliphatic carbocycles. The van der Waals surface area contributed by atoms with Gasteiger partial charge in [-0.3, -0.25) is 9.59 Å². The van der Waals surface area contributed by atoms with Crippen molar-refractivity contribution in [2.75, 3.05) is 4.90 Å². The van der Waals surface area contributed by atoms with Crippen LogP contribution in [0.5, 0.6) is 0 Å². The van der Waals surface area contributed by atoms with Crippen LogP contribution in [-0.4, -0.2) is 18.1 Å². The molecule has 2 atom stereocenters. The summed E-state index contributed by atoms with van der Waals surface area (Å²) in [4.78, 5) is 42.0. The van der Waals surface area contributed by atoms with Crippen LogP contribution in [0.3, 0.4) is 0 Å². The second-order valence-electron chi connectivity index (χ2n) is 8.91. The molecule has 0 N–H and O–H groups in total. The maximum Gasteiger partial charge on any atom is 0.239 e. The van der Waals surface area contributed by atoms with E-state index in [1.54, 1.807) is 24.3 Å². The molecule has 0 saturated carbocycles. The monoisotopic (exact) mass is 418 g/mol. The quantitative estimate of drug-likeness (QED) is 0.472. The van der Waals surface area contributed by atoms with Crippen molar-refractivity contribution < 1.29 is 14.4 Å². The molecule has 5 nitrogen and oxygen atoms in total. The summed E-state index contributed by atoms with van der Waals surface area (Å²) < 4.78 is 0. The van der Waals surface area contributed by atoms with Gasteiger partial charge in [0.1, 0.15) is 6.29 Å². The van der Waals surface area contributed by atoms with Crippen LogP contribution in [0.2, 0.25) is 0 Å². The minimum Gasteiger partial charge on any atom is -0.302 e. The number of nitriles is 1. The second-order valence-corrected chi connectivity index (χ2v) is 8.91. The molecular formula is C27H18N2O3. The maximum atomic E-state index is 13.9. The molecule has 1 fully saturated rings. The van der Waals surface area contributed by atoms with E-state index in [1.165, 1.54) is 4.90 Å². The Morgan fingerprint density at radius 3 is 1.81 bits per heavy atom. The maximum absolute atomic E-state index is 13.9. The van der Waals surface area contributed by atoms with Gasteiger partial charge >= 0.3 is 0 Å². The summed E-state index contributed by atoms with van der Waals surface area (Å²) in [6.07, 6.45) is 0.870. The van der Waals surface area contributed by atoms with E-state index in [-0.39, 0.29) is 11.8 Å². The average molecular weight is 418 g/mol. The summed E-state index contributed by atoms with van der Waals surface area (Å²) in [5, 5.41) is 9.11. The predicted octanol–water partition coefficient (Wildman–Crippen LogP) is 3.48. The number of anilines is 1. The van der Waals surface area contributed by atoms with Crippen molar-refractivity contribution in [1.29, 1.82) is 5.26 Å². The Morgan fingerprint density at radius 2 is 1.31 bits per heavy atom. The van der Waals surface area contributed by atoms with E-state index in [1.807, 2.05) is 55.5 Å². The smallest absolute Gasteiger partial charge is 0.239 e. The van der Waals surface area contributed by atoms with Gasteiger partial charge in [0.05, 0.1) is 34.6 Å². The summed E-state index contributed by atoms with van der Waals surface area (Å²) >= 11 is 0. The molecule has 0 spiro atoms. The fourth-order valence-corrected chi connectivity index (χ4v) is 6.40. The third-order valence-corrected chi connectivity index (χ3v) is 7.72. The van der Waals surface area contributed by atoms with Crippen molar-refractivity contribution in [1.82, 2.24) is 0 Å². The van der Waals surface area contributed by atoms with Crippen LogP contribution in [0.15, 0.2) is 72.8 Å². The van der Waals surface area contributed by atoms with Gasteiger partial charge in [0.2, 0.25) is 11.8 Å². The van der Waals surface area contributed by atoms with Crippen molar-refractivity contribution in [2.45, 2.75) is 17.8 Å². The summed E-state index contributed by atoms with van der Waals surface area (Å²) in [6, 6.07) is 23.8. The number of aldehydes is 1. The Labute approximate surface area is 184 Å². The standard InChI is InChI=1S/C27H18N2O3/c1-26-18-6-2-4-8-20(18)27(15-30,21-9-5-3-7-19(21)26)23-22(26)24(31)29(25(23)32)17-12-10-16(14-28)11-13-17/h2-13,15,22-23H,1H3/t22-,23+,26?,27?/m1/s1. The van der Waals surface area contributed by atoms with Crippen molar-refractivity contribution in [3.63, 3.8) is 0 Å². The molecular weight excluding hydrogens is 400 g/mol. The molecule has 1 aliphatic heterocycles. The molecule has 0 radical (unpaired) electrons. The number of hydrogen-bond donors (Lipinski definition) is 0. The highest BCUT2D eigenvalue weighted by atomic mass is 16.2. The van der Waals surface area contributed by atoms with Crippen LogP contribution in [0, 0.1) is 23.2 Å². The Hall–Kier alpha value is -4.04. The van der Waals surface area contributed by atoms with Crippen LogP contribution in [0.1, 0.15) is 34.7 Å². The van der Waals surface area contributed by atoms with Gasteiger partial charge in [-0.2, -0.15) is 5.26 Å². The highest BCUT2D eigenvalue weighted by Crippen LogP contribution is 2.66. The zero-order valence-corrected chi connectivity index (χ0v) is 17.3. The Morgan fingerprint density at radius 1 is 0.812 bits per heavy atom. The van der Waals surface area contributed by atoms with E-state index in [0.29, 0.717) is 11.3 Å². The van der Waals surface area contributed by atoms with Gasteiger partial charge in [0.25, 0.3) is 0 Å². The van der Waals surface area contributed by atoms with E-state index in [0.717, 1.165) is 28.5 Å². The van der Waals surface area contributed by atoms with Gasteiger partial charge in [-0.05, 0) is 46.5 Å². The zero-order valence-electron chi connectivity index (χ0n) is 17.3. The minimum absolute atomic E-state index is 0.303. The summed E-state index contributed by atoms with van der Waals surface area (Å²) in [6.45, 7) is 2.02. The summed E-state index contributed by atoms with van der Waals surface area (Å²) in [7, 11) is 0. The van der Waals surface area contributed by atoms with Crippen LogP contribution >= 0.6 is 0 Å². The number of carbonyl (C=O) groups excluding carboxylic acids is 3. The molecule has 32 heavy (non-hydrogen) atoms. The van der Waals surface area contributed by atoms with E-state index in [4.69, 9.17) is 5.26 Å². The van der Waals surface area contributed by atoms with Crippen molar-refractivity contribution in [3.8, 4) is 6.07 Å². The highest BCUT2D eigenvalue weighted by Gasteiger charge is 2.72. The number of benzene rings is 3. The number of imide groups is 1. The number of rotatable bonds is 2. The van der Waals surface area contributed by atoms with E-state index in [2.05, 4.69) is 6.07 Å². The lowest BCUT2D eigenvalue weighted by molar-refractivity contribution is -0.129. The topological polar surface area (TPSA) is 78.2 Å². The van der Waals surface area contributed by atoms with Gasteiger partial charge in [0, 0.05) is 5.41 Å². The summed E-state index contributed by atoms with van der Waals surface area (Å²) in [5.41, 5.74) is 2.37. The number of carbonyl (C=O) groups is 3. The lowest BCUT2D eigenvalue weighted by Crippen LogP contribution is -2.61. The average Bonchev–Trinajstić information content (AvgIpc) is 3.12. The minimum atomic E-state index is -1.22. The highest BCUT2D eigenvalue weighted by molar-refractivity contribution is 6.25. The third-order valence-electron chi connectivity index (χ3n) is 7.72. The number of amides is 2. The first kappa shape index (κ1) is 18.7. The first-order valence-corrected chi connectivity index (χ1v) is 10.5. The molecule has 1 saturated heterocycles. The molecule has 4 aliphatic rings. The van der Waals surface area contributed by atoms with Crippen LogP contribution in [0.25, 0.3) is 0 Å². The van der Waals surface area contributed by atoms with Crippen molar-refractivity contribution >= 4 is 23.8 Å². The normalized spacial score (nSPS) is 29.2. The third kappa shape index (κ3) is 1.87. The van der Waals surface area contributed by atoms with Gasteiger partial charge in [-0.15, -0.1) is 0 Å². The van der Waals surface area contributed by atoms with Crippen molar-refractivity contribution in [2.24, 2.45) is 11.8 Å². The zero-order chi connectivity index (χ0) is 22.3. The number of nitrogens with zero attached hydrogens (tertiary/aromatic N) is 2. The van der Waals surface area contributed by atoms with Crippen LogP contribution in [-0.2, 0) is 25.2 Å². The molecule has 2 amide bonds. The lowest BCUT2D eigenvalue weighted by Gasteiger charge is -2.56. The van der Waals surface area contributed by atoms with E-state index in [9.17, 15) is 14.4 Å². The van der Waals surface area contributed by atoms with Gasteiger partial charge in [-0.25, -0.2) is 4.90 Å². The fraction of sp³-hybridized carbons (Fsp3) is 0.185. The Balaban J connectivity index is 1.66. The van der Waals surface area contributed by atoms with Crippen LogP contribution in [0.4, 0.5) is 5.69 Å². The first-order valence-electron chi connectivity index (χ1n) is 10.5. The molecule has 0 unspecified atom stereocenters. The lowest BCUT2D eigenvalue weighted by atomic mass is 9.42. The molecule has 3 aromatic rings. The molecule has 5 heteroatoms. The Kier molecular flexibility index (Phi) is 3.52. The van der Waals surface area contributed by atoms with E-state index < -0.39 is 22.7 Å².